The second-order valence-corrected chi connectivity index (χ2v) is 10.9. The standard InChI is InChI=1S/C31H36F2N4O4/c1-19-14-27(36-29(15-19)37-28-16-22(30(32)33)8-11-34-28)23-6-7-26(35-17-23)25(18-38)20-2-4-21(5-3-20)31(39)41-24-9-12-40-13-10-24/h6-8,11,14-17,20-21,24-25,30,38H,2-5,9-10,12-13,18H2,1H3,(H,34,36,37). The number of nitrogens with zero attached hydrogens (tertiary/aromatic N) is 3. The van der Waals surface area contributed by atoms with Gasteiger partial charge in [0.25, 0.3) is 6.43 Å². The van der Waals surface area contributed by atoms with Crippen molar-refractivity contribution in [3.05, 3.63) is 65.6 Å². The molecule has 2 aliphatic rings. The van der Waals surface area contributed by atoms with Crippen LogP contribution in [-0.2, 0) is 14.3 Å². The minimum Gasteiger partial charge on any atom is -0.462 e. The molecule has 8 nitrogen and oxygen atoms in total. The number of ether oxygens (including phenoxy) is 2. The maximum atomic E-state index is 13.1. The van der Waals surface area contributed by atoms with Crippen molar-refractivity contribution in [1.29, 1.82) is 0 Å². The van der Waals surface area contributed by atoms with Crippen molar-refractivity contribution < 1.29 is 28.2 Å². The molecule has 1 atom stereocenters. The fourth-order valence-corrected chi connectivity index (χ4v) is 5.73. The van der Waals surface area contributed by atoms with Crippen molar-refractivity contribution in [2.45, 2.75) is 63.9 Å². The summed E-state index contributed by atoms with van der Waals surface area (Å²) in [5.74, 6) is 0.700. The summed E-state index contributed by atoms with van der Waals surface area (Å²) in [5.41, 5.74) is 3.11. The average molecular weight is 567 g/mol. The van der Waals surface area contributed by atoms with E-state index in [-0.39, 0.29) is 47.8 Å². The molecule has 3 aromatic rings. The minimum absolute atomic E-state index is 0.0182. The number of hydrogen-bond donors (Lipinski definition) is 2. The van der Waals surface area contributed by atoms with Gasteiger partial charge in [-0.25, -0.2) is 18.7 Å². The lowest BCUT2D eigenvalue weighted by atomic mass is 9.75. The zero-order chi connectivity index (χ0) is 28.8. The lowest BCUT2D eigenvalue weighted by Crippen LogP contribution is -2.32. The number of pyridine rings is 3. The van der Waals surface area contributed by atoms with Crippen LogP contribution in [0.4, 0.5) is 20.4 Å². The first-order chi connectivity index (χ1) is 19.9. The maximum absolute atomic E-state index is 13.1. The van der Waals surface area contributed by atoms with Gasteiger partial charge in [-0.3, -0.25) is 9.78 Å². The van der Waals surface area contributed by atoms with E-state index >= 15 is 0 Å². The van der Waals surface area contributed by atoms with Gasteiger partial charge in [-0.1, -0.05) is 0 Å². The zero-order valence-electron chi connectivity index (χ0n) is 23.1. The third-order valence-electron chi connectivity index (χ3n) is 8.05. The lowest BCUT2D eigenvalue weighted by Gasteiger charge is -2.33. The van der Waals surface area contributed by atoms with Crippen molar-refractivity contribution in [2.24, 2.45) is 11.8 Å². The molecular weight excluding hydrogens is 530 g/mol. The number of esters is 1. The number of carbonyl (C=O) groups excluding carboxylic acids is 1. The van der Waals surface area contributed by atoms with E-state index in [0.29, 0.717) is 24.7 Å². The monoisotopic (exact) mass is 566 g/mol. The van der Waals surface area contributed by atoms with Crippen molar-refractivity contribution >= 4 is 17.6 Å². The molecule has 1 aliphatic heterocycles. The molecule has 0 radical (unpaired) electrons. The zero-order valence-corrected chi connectivity index (χ0v) is 23.1. The van der Waals surface area contributed by atoms with E-state index < -0.39 is 6.43 Å². The van der Waals surface area contributed by atoms with Gasteiger partial charge in [0.05, 0.1) is 31.4 Å². The van der Waals surface area contributed by atoms with Crippen LogP contribution in [-0.4, -0.2) is 52.0 Å². The molecule has 1 unspecified atom stereocenters. The topological polar surface area (TPSA) is 106 Å². The molecule has 1 saturated heterocycles. The fraction of sp³-hybridized carbons (Fsp3) is 0.484. The molecule has 0 bridgehead atoms. The molecule has 218 valence electrons. The largest absolute Gasteiger partial charge is 0.462 e. The SMILES string of the molecule is Cc1cc(Nc2cc(C(F)F)ccn2)nc(-c2ccc(C(CO)C3CCC(C(=O)OC4CCOCC4)CC3)nc2)c1. The molecule has 5 rings (SSSR count). The summed E-state index contributed by atoms with van der Waals surface area (Å²) in [6, 6.07) is 10.2. The molecule has 2 fully saturated rings. The van der Waals surface area contributed by atoms with E-state index in [0.717, 1.165) is 55.3 Å². The molecule has 2 N–H and O–H groups in total. The van der Waals surface area contributed by atoms with Crippen LogP contribution in [0.5, 0.6) is 0 Å². The number of nitrogens with one attached hydrogen (secondary N) is 1. The van der Waals surface area contributed by atoms with Gasteiger partial charge < -0.3 is 19.9 Å². The van der Waals surface area contributed by atoms with Crippen LogP contribution in [0.1, 0.15) is 67.7 Å². The van der Waals surface area contributed by atoms with Gasteiger partial charge in [-0.15, -0.1) is 0 Å². The number of alkyl halides is 2. The normalized spacial score (nSPS) is 20.5. The van der Waals surface area contributed by atoms with Crippen LogP contribution in [0.3, 0.4) is 0 Å². The molecule has 41 heavy (non-hydrogen) atoms. The number of anilines is 2. The predicted molar refractivity (Wildman–Crippen MR) is 150 cm³/mol. The van der Waals surface area contributed by atoms with Gasteiger partial charge in [-0.05, 0) is 80.5 Å². The van der Waals surface area contributed by atoms with Gasteiger partial charge in [0.15, 0.2) is 0 Å². The predicted octanol–water partition coefficient (Wildman–Crippen LogP) is 6.13. The number of aryl methyl sites for hydroxylation is 1. The quantitative estimate of drug-likeness (QED) is 0.298. The first kappa shape index (κ1) is 29.0. The molecule has 3 aromatic heterocycles. The summed E-state index contributed by atoms with van der Waals surface area (Å²) in [6.07, 6.45) is 5.15. The fourth-order valence-electron chi connectivity index (χ4n) is 5.73. The number of halogens is 2. The van der Waals surface area contributed by atoms with Crippen LogP contribution < -0.4 is 5.32 Å². The highest BCUT2D eigenvalue weighted by molar-refractivity contribution is 5.72. The Bertz CT molecular complexity index is 1310. The van der Waals surface area contributed by atoms with E-state index in [1.807, 2.05) is 31.2 Å². The van der Waals surface area contributed by atoms with Gasteiger partial charge in [0, 0.05) is 48.0 Å². The number of aliphatic hydroxyl groups is 1. The highest BCUT2D eigenvalue weighted by Gasteiger charge is 2.33. The summed E-state index contributed by atoms with van der Waals surface area (Å²) >= 11 is 0. The van der Waals surface area contributed by atoms with Crippen molar-refractivity contribution in [1.82, 2.24) is 15.0 Å². The summed E-state index contributed by atoms with van der Waals surface area (Å²) in [5, 5.41) is 13.3. The molecule has 10 heteroatoms. The Morgan fingerprint density at radius 3 is 2.51 bits per heavy atom. The van der Waals surface area contributed by atoms with Gasteiger partial charge in [-0.2, -0.15) is 0 Å². The van der Waals surface area contributed by atoms with Gasteiger partial charge >= 0.3 is 5.97 Å². The van der Waals surface area contributed by atoms with Crippen LogP contribution in [0.15, 0.2) is 48.8 Å². The molecule has 0 spiro atoms. The van der Waals surface area contributed by atoms with E-state index in [1.165, 1.54) is 18.3 Å². The van der Waals surface area contributed by atoms with Crippen LogP contribution in [0.2, 0.25) is 0 Å². The molecular formula is C31H36F2N4O4. The Balaban J connectivity index is 1.22. The van der Waals surface area contributed by atoms with Crippen LogP contribution >= 0.6 is 0 Å². The van der Waals surface area contributed by atoms with Crippen molar-refractivity contribution in [2.75, 3.05) is 25.1 Å². The molecule has 4 heterocycles. The Hall–Kier alpha value is -3.50. The highest BCUT2D eigenvalue weighted by atomic mass is 19.3. The second-order valence-electron chi connectivity index (χ2n) is 10.9. The first-order valence-electron chi connectivity index (χ1n) is 14.2. The maximum Gasteiger partial charge on any atom is 0.309 e. The third kappa shape index (κ3) is 7.42. The van der Waals surface area contributed by atoms with E-state index in [4.69, 9.17) is 9.47 Å². The van der Waals surface area contributed by atoms with Crippen molar-refractivity contribution in [3.63, 3.8) is 0 Å². The molecule has 1 saturated carbocycles. The Morgan fingerprint density at radius 2 is 1.83 bits per heavy atom. The second kappa shape index (κ2) is 13.4. The highest BCUT2D eigenvalue weighted by Crippen LogP contribution is 2.38. The Kier molecular flexibility index (Phi) is 9.51. The van der Waals surface area contributed by atoms with E-state index in [2.05, 4.69) is 20.3 Å². The van der Waals surface area contributed by atoms with Crippen molar-refractivity contribution in [3.8, 4) is 11.3 Å². The number of aromatic nitrogens is 3. The minimum atomic E-state index is -2.58. The van der Waals surface area contributed by atoms with E-state index in [9.17, 15) is 18.7 Å². The number of carbonyl (C=O) groups is 1. The average Bonchev–Trinajstić information content (AvgIpc) is 2.98. The number of hydrogen-bond acceptors (Lipinski definition) is 8. The molecule has 1 aliphatic carbocycles. The molecule has 0 amide bonds. The molecule has 0 aromatic carbocycles. The summed E-state index contributed by atoms with van der Waals surface area (Å²) in [4.78, 5) is 26.1. The van der Waals surface area contributed by atoms with Crippen LogP contribution in [0, 0.1) is 18.8 Å². The first-order valence-corrected chi connectivity index (χ1v) is 14.2. The van der Waals surface area contributed by atoms with Gasteiger partial charge in [0.2, 0.25) is 0 Å². The Morgan fingerprint density at radius 1 is 1.05 bits per heavy atom. The summed E-state index contributed by atoms with van der Waals surface area (Å²) in [7, 11) is 0. The smallest absolute Gasteiger partial charge is 0.309 e. The summed E-state index contributed by atoms with van der Waals surface area (Å²) < 4.78 is 37.2. The lowest BCUT2D eigenvalue weighted by molar-refractivity contribution is -0.159. The number of rotatable bonds is 9. The summed E-state index contributed by atoms with van der Waals surface area (Å²) in [6.45, 7) is 3.19. The third-order valence-corrected chi connectivity index (χ3v) is 8.05. The van der Waals surface area contributed by atoms with Gasteiger partial charge in [0.1, 0.15) is 17.7 Å². The Labute approximate surface area is 238 Å². The van der Waals surface area contributed by atoms with Crippen LogP contribution in [0.25, 0.3) is 11.3 Å². The van der Waals surface area contributed by atoms with E-state index in [1.54, 1.807) is 6.20 Å². The number of aliphatic hydroxyl groups excluding tert-OH is 1.